The molecule has 4 aromatic carbocycles. The van der Waals surface area contributed by atoms with Crippen LogP contribution in [0.3, 0.4) is 0 Å². The zero-order valence-corrected chi connectivity index (χ0v) is 88.7. The number of nitrogens with zero attached hydrogens (tertiary/aromatic N) is 28. The molecule has 774 valence electrons. The van der Waals surface area contributed by atoms with E-state index in [1.165, 1.54) is 30.4 Å². The highest BCUT2D eigenvalue weighted by molar-refractivity contribution is 5.89. The van der Waals surface area contributed by atoms with Crippen LogP contribution >= 0.6 is 0 Å². The summed E-state index contributed by atoms with van der Waals surface area (Å²) in [5.74, 6) is 5.67. The minimum absolute atomic E-state index is 0.237. The maximum Gasteiger partial charge on any atom is 0.229 e. The number of fused-ring (bicyclic) bond motifs is 4. The number of rotatable bonds is 27. The Kier molecular flexibility index (Phi) is 32.4. The second kappa shape index (κ2) is 46.0. The standard InChI is InChI=1S/C29H37FN8.C28H33FN8.C28H35FN8.C27H33FN8/c1-18(2)37-11-9-36(10-12-37)17-22-7-8-26(31-15-22)34-29-32-16-24(30)28(35-29)23-13-20(5)27-25(14-23)38(19(3)4)21(6)33-27;1-4-35-9-11-36(12-10-35)17-20-5-8-25(30-15-20)33-28-31-16-23(29)27(34-28)21-13-18(2)26-24(14-21)37(19(3)32-26)22-6-7-22;1-6-35-9-11-36(12-10-35)17-21-7-8-25(30-15-21)33-28-31-16-23(29)27(34-28)22-13-19(4)26-24(14-22)37(18(2)3)20(5)32-26;1-17(2)36-19(4)31-25-18(3)12-21(13-23(25)36)26-22(28)15-30-27(33-26)32-24-7-6-20(14-29-24)16-35-10-8-34(5)9-11-35/h7-8,13-16,18-19H,9-12,17H2,1-6H3,(H,31,32,34,35);5,8,13-16,22H,4,6-7,9-12,17H2,1-3H3,(H,30,31,33,34);7-8,13-16,18H,6,9-12,17H2,1-5H3,(H,30,31,33,34);6-7,12-15,17H,8-11,16H2,1-5H3,(H,29,30,32,33). The number of nitrogens with one attached hydrogen (secondary N) is 4. The first-order valence-corrected chi connectivity index (χ1v) is 52.0. The van der Waals surface area contributed by atoms with Crippen molar-refractivity contribution in [3.8, 4) is 45.0 Å². The summed E-state index contributed by atoms with van der Waals surface area (Å²) >= 11 is 0. The molecule has 0 bridgehead atoms. The second-order valence-corrected chi connectivity index (χ2v) is 40.9. The van der Waals surface area contributed by atoms with Crippen molar-refractivity contribution < 1.29 is 17.6 Å². The van der Waals surface area contributed by atoms with Gasteiger partial charge in [0.1, 0.15) is 69.3 Å². The van der Waals surface area contributed by atoms with E-state index in [1.54, 1.807) is 0 Å². The van der Waals surface area contributed by atoms with Gasteiger partial charge in [-0.15, -0.1) is 0 Å². The van der Waals surface area contributed by atoms with Gasteiger partial charge in [-0.1, -0.05) is 38.1 Å². The lowest BCUT2D eigenvalue weighted by Gasteiger charge is -2.36. The summed E-state index contributed by atoms with van der Waals surface area (Å²) in [7, 11) is 2.16. The van der Waals surface area contributed by atoms with Gasteiger partial charge in [-0.3, -0.25) is 24.5 Å². The molecule has 4 aliphatic heterocycles. The monoisotopic (exact) mass is 2010 g/mol. The Morgan fingerprint density at radius 3 is 0.804 bits per heavy atom. The normalized spacial score (nSPS) is 15.6. The highest BCUT2D eigenvalue weighted by atomic mass is 19.1. The van der Waals surface area contributed by atoms with Gasteiger partial charge in [0, 0.05) is 208 Å². The van der Waals surface area contributed by atoms with E-state index in [0.29, 0.717) is 75.8 Å². The predicted octanol–water partition coefficient (Wildman–Crippen LogP) is 20.2. The van der Waals surface area contributed by atoms with E-state index in [9.17, 15) is 17.6 Å². The molecule has 36 heteroatoms. The third-order valence-electron chi connectivity index (χ3n) is 28.6. The number of aromatic nitrogens is 20. The van der Waals surface area contributed by atoms with Crippen molar-refractivity contribution >= 4 is 91.2 Å². The Morgan fingerprint density at radius 1 is 0.291 bits per heavy atom. The fourth-order valence-corrected chi connectivity index (χ4v) is 20.6. The van der Waals surface area contributed by atoms with Crippen molar-refractivity contribution in [3.05, 3.63) is 238 Å². The van der Waals surface area contributed by atoms with Crippen molar-refractivity contribution in [2.75, 3.05) is 146 Å². The van der Waals surface area contributed by atoms with Gasteiger partial charge in [0.25, 0.3) is 0 Å². The Morgan fingerprint density at radius 2 is 0.547 bits per heavy atom. The lowest BCUT2D eigenvalue weighted by molar-refractivity contribution is 0.104. The average Bonchev–Trinajstić information content (AvgIpc) is 1.60. The highest BCUT2D eigenvalue weighted by Crippen LogP contribution is 2.42. The van der Waals surface area contributed by atoms with Gasteiger partial charge in [-0.2, -0.15) is 0 Å². The fraction of sp³-hybridized carbons (Fsp3) is 0.429. The molecule has 32 nitrogen and oxygen atoms in total. The van der Waals surface area contributed by atoms with Crippen LogP contribution in [0.1, 0.15) is 174 Å². The van der Waals surface area contributed by atoms with Crippen molar-refractivity contribution in [1.82, 2.24) is 137 Å². The molecule has 1 saturated carbocycles. The molecule has 0 atom stereocenters. The van der Waals surface area contributed by atoms with Crippen LogP contribution < -0.4 is 21.3 Å². The lowest BCUT2D eigenvalue weighted by atomic mass is 10.1. The van der Waals surface area contributed by atoms with Crippen molar-refractivity contribution in [1.29, 1.82) is 0 Å². The molecular weight excluding hydrogens is 1870 g/mol. The number of benzene rings is 4. The fourth-order valence-electron chi connectivity index (χ4n) is 20.6. The van der Waals surface area contributed by atoms with Crippen molar-refractivity contribution in [2.24, 2.45) is 0 Å². The molecule has 16 heterocycles. The van der Waals surface area contributed by atoms with E-state index in [1.807, 2.05) is 153 Å². The molecule has 21 rings (SSSR count). The van der Waals surface area contributed by atoms with Crippen molar-refractivity contribution in [3.63, 3.8) is 0 Å². The SMILES string of the molecule is CCN1CCN(Cc2ccc(Nc3ncc(F)c(-c4cc(C)c5nc(C)n(C(C)C)c5c4)n3)nc2)CC1.CCN1CCN(Cc2ccc(Nc3ncc(F)c(-c4cc(C)c5nc(C)n(C6CC6)c5c4)n3)nc2)CC1.Cc1cc(-c2nc(Nc3ccc(CN4CCN(C(C)C)CC4)cn3)ncc2F)cc2c1nc(C)n2C(C)C.Cc1cc(-c2nc(Nc3ccc(CN4CCN(C)CC4)cn3)ncc2F)cc2c1nc(C)n2C(C)C. The van der Waals surface area contributed by atoms with Crippen LogP contribution in [0.15, 0.2) is 147 Å². The molecule has 5 aliphatic rings. The van der Waals surface area contributed by atoms with Gasteiger partial charge in [0.05, 0.1) is 68.9 Å². The topological polar surface area (TPSA) is 300 Å². The molecule has 4 N–H and O–H groups in total. The highest BCUT2D eigenvalue weighted by Gasteiger charge is 2.31. The second-order valence-electron chi connectivity index (χ2n) is 40.9. The van der Waals surface area contributed by atoms with Crippen LogP contribution in [0.4, 0.5) is 64.6 Å². The molecule has 0 amide bonds. The van der Waals surface area contributed by atoms with Crippen molar-refractivity contribution in [2.45, 2.75) is 194 Å². The molecule has 0 unspecified atom stereocenters. The molecule has 4 saturated heterocycles. The number of aryl methyl sites for hydroxylation is 8. The van der Waals surface area contributed by atoms with Crippen LogP contribution in [0.5, 0.6) is 0 Å². The Labute approximate surface area is 863 Å². The van der Waals surface area contributed by atoms with E-state index in [-0.39, 0.29) is 40.9 Å². The smallest absolute Gasteiger partial charge is 0.229 e. The number of anilines is 8. The van der Waals surface area contributed by atoms with Gasteiger partial charge >= 0.3 is 0 Å². The largest absolute Gasteiger partial charge is 0.326 e. The van der Waals surface area contributed by atoms with Gasteiger partial charge < -0.3 is 54.2 Å². The maximum absolute atomic E-state index is 14.9. The maximum atomic E-state index is 14.9. The molecule has 12 aromatic heterocycles. The summed E-state index contributed by atoms with van der Waals surface area (Å²) in [4.78, 5) is 91.5. The molecule has 5 fully saturated rings. The quantitative estimate of drug-likeness (QED) is 0.0348. The lowest BCUT2D eigenvalue weighted by Crippen LogP contribution is -2.48. The number of likely N-dealkylation sites (N-methyl/N-ethyl adjacent to an activating group) is 3. The summed E-state index contributed by atoms with van der Waals surface area (Å²) in [6.45, 7) is 60.8. The molecule has 1 aliphatic carbocycles. The van der Waals surface area contributed by atoms with Crippen LogP contribution in [-0.4, -0.2) is 268 Å². The molecule has 16 aromatic rings. The van der Waals surface area contributed by atoms with Crippen LogP contribution in [0.25, 0.3) is 89.2 Å². The number of piperazine rings is 4. The predicted molar refractivity (Wildman–Crippen MR) is 580 cm³/mol. The molecule has 0 spiro atoms. The number of halogens is 4. The first kappa shape index (κ1) is 104. The van der Waals surface area contributed by atoms with Gasteiger partial charge in [0.2, 0.25) is 23.8 Å². The first-order valence-electron chi connectivity index (χ1n) is 52.0. The van der Waals surface area contributed by atoms with E-state index in [4.69, 9.17) is 19.9 Å². The first-order chi connectivity index (χ1) is 71.3. The van der Waals surface area contributed by atoms with E-state index in [2.05, 4.69) is 239 Å². The third kappa shape index (κ3) is 24.5. The Bertz CT molecular complexity index is 7120. The van der Waals surface area contributed by atoms with Gasteiger partial charge in [0.15, 0.2) is 23.3 Å². The minimum atomic E-state index is -0.470. The minimum Gasteiger partial charge on any atom is -0.326 e. The van der Waals surface area contributed by atoms with E-state index in [0.717, 1.165) is 269 Å². The summed E-state index contributed by atoms with van der Waals surface area (Å²) in [6.07, 6.45) is 14.7. The molecular formula is C112H138F4N32. The Hall–Kier alpha value is -13.7. The number of hydrogen-bond acceptors (Lipinski definition) is 28. The summed E-state index contributed by atoms with van der Waals surface area (Å²) in [5.41, 5.74) is 20.2. The average molecular weight is 2010 g/mol. The number of hydrogen-bond donors (Lipinski definition) is 4. The molecule has 148 heavy (non-hydrogen) atoms. The summed E-state index contributed by atoms with van der Waals surface area (Å²) in [6, 6.07) is 33.4. The zero-order chi connectivity index (χ0) is 104. The van der Waals surface area contributed by atoms with Gasteiger partial charge in [-0.25, -0.2) is 97.3 Å². The summed E-state index contributed by atoms with van der Waals surface area (Å²) in [5, 5.41) is 12.5. The summed E-state index contributed by atoms with van der Waals surface area (Å²) < 4.78 is 68.4. The number of imidazole rings is 4. The molecule has 0 radical (unpaired) electrons. The third-order valence-corrected chi connectivity index (χ3v) is 28.6. The van der Waals surface area contributed by atoms with Gasteiger partial charge in [-0.05, 0) is 261 Å². The van der Waals surface area contributed by atoms with Crippen LogP contribution in [0.2, 0.25) is 0 Å². The zero-order valence-electron chi connectivity index (χ0n) is 88.7. The number of pyridine rings is 4. The van der Waals surface area contributed by atoms with E-state index < -0.39 is 23.3 Å². The van der Waals surface area contributed by atoms with Crippen LogP contribution in [0, 0.1) is 78.7 Å². The Balaban J connectivity index is 0.000000129. The van der Waals surface area contributed by atoms with E-state index >= 15 is 0 Å². The van der Waals surface area contributed by atoms with Crippen LogP contribution in [-0.2, 0) is 26.2 Å².